The highest BCUT2D eigenvalue weighted by molar-refractivity contribution is 7.91. The summed E-state index contributed by atoms with van der Waals surface area (Å²) in [5.41, 5.74) is 0.925. The minimum absolute atomic E-state index is 0.112. The van der Waals surface area contributed by atoms with E-state index in [9.17, 15) is 18.0 Å². The molecule has 0 fully saturated rings. The number of hydrogen-bond donors (Lipinski definition) is 2. The Morgan fingerprint density at radius 3 is 2.38 bits per heavy atom. The molecule has 7 nitrogen and oxygen atoms in total. The molecule has 0 aliphatic heterocycles. The van der Waals surface area contributed by atoms with E-state index in [1.807, 2.05) is 24.4 Å². The molecule has 2 amide bonds. The molecule has 0 bridgehead atoms. The largest absolute Gasteiger partial charge is 0.468 e. The van der Waals surface area contributed by atoms with Gasteiger partial charge in [-0.1, -0.05) is 23.8 Å². The average molecular weight is 433 g/mol. The van der Waals surface area contributed by atoms with Crippen LogP contribution in [-0.2, 0) is 26.0 Å². The van der Waals surface area contributed by atoms with E-state index in [1.54, 1.807) is 18.2 Å². The van der Waals surface area contributed by atoms with Crippen LogP contribution in [-0.4, -0.2) is 26.8 Å². The van der Waals surface area contributed by atoms with Gasteiger partial charge < -0.3 is 15.1 Å². The fourth-order valence-corrected chi connectivity index (χ4v) is 4.89. The number of furan rings is 1. The molecular formula is C20H20N2O5S2. The van der Waals surface area contributed by atoms with Gasteiger partial charge in [-0.05, 0) is 42.6 Å². The summed E-state index contributed by atoms with van der Waals surface area (Å²) >= 11 is 1.46. The van der Waals surface area contributed by atoms with Crippen molar-refractivity contribution in [3.05, 3.63) is 76.4 Å². The lowest BCUT2D eigenvalue weighted by atomic mass is 10.2. The number of carbonyl (C=O) groups excluding carboxylic acids is 2. The van der Waals surface area contributed by atoms with Gasteiger partial charge in [-0.25, -0.2) is 8.42 Å². The molecule has 0 saturated heterocycles. The lowest BCUT2D eigenvalue weighted by molar-refractivity contribution is -0.139. The molecule has 2 aromatic heterocycles. The summed E-state index contributed by atoms with van der Waals surface area (Å²) in [5, 5.41) is 5.62. The molecule has 0 unspecified atom stereocenters. The third kappa shape index (κ3) is 5.12. The summed E-state index contributed by atoms with van der Waals surface area (Å²) < 4.78 is 31.5. The fraction of sp³-hybridized carbons (Fsp3) is 0.200. The summed E-state index contributed by atoms with van der Waals surface area (Å²) in [6.45, 7) is 1.79. The molecule has 2 N–H and O–H groups in total. The lowest BCUT2D eigenvalue weighted by Crippen LogP contribution is -2.41. The Balaban J connectivity index is 1.70. The molecule has 2 heterocycles. The standard InChI is InChI=1S/C20H20N2O5S2/c1-14-6-8-16(9-7-14)29(25,26)18(17-5-2-10-27-17)13-22-20(24)19(23)21-12-15-4-3-11-28-15/h2-11,18H,12-13H2,1H3,(H,21,23)(H,22,24)/t18-/m1/s1. The zero-order valence-electron chi connectivity index (χ0n) is 15.6. The van der Waals surface area contributed by atoms with Gasteiger partial charge in [0.15, 0.2) is 9.84 Å². The first-order valence-electron chi connectivity index (χ1n) is 8.80. The number of amides is 2. The van der Waals surface area contributed by atoms with E-state index in [0.29, 0.717) is 0 Å². The van der Waals surface area contributed by atoms with Crippen molar-refractivity contribution in [3.63, 3.8) is 0 Å². The van der Waals surface area contributed by atoms with Crippen molar-refractivity contribution in [2.45, 2.75) is 23.6 Å². The number of rotatable bonds is 7. The zero-order valence-corrected chi connectivity index (χ0v) is 17.3. The van der Waals surface area contributed by atoms with Crippen LogP contribution in [0.25, 0.3) is 0 Å². The number of nitrogens with one attached hydrogen (secondary N) is 2. The molecular weight excluding hydrogens is 412 g/mol. The molecule has 3 aromatic rings. The number of thiophene rings is 1. The Kier molecular flexibility index (Phi) is 6.50. The lowest BCUT2D eigenvalue weighted by Gasteiger charge is -2.16. The summed E-state index contributed by atoms with van der Waals surface area (Å²) in [7, 11) is -3.85. The van der Waals surface area contributed by atoms with Gasteiger partial charge in [0.1, 0.15) is 11.0 Å². The minimum atomic E-state index is -3.85. The third-order valence-electron chi connectivity index (χ3n) is 4.24. The molecule has 29 heavy (non-hydrogen) atoms. The normalized spacial score (nSPS) is 12.3. The summed E-state index contributed by atoms with van der Waals surface area (Å²) in [4.78, 5) is 25.2. The monoisotopic (exact) mass is 432 g/mol. The molecule has 152 valence electrons. The topological polar surface area (TPSA) is 105 Å². The molecule has 3 rings (SSSR count). The summed E-state index contributed by atoms with van der Waals surface area (Å²) in [6.07, 6.45) is 1.36. The molecule has 0 radical (unpaired) electrons. The number of carbonyl (C=O) groups is 2. The van der Waals surface area contributed by atoms with Gasteiger partial charge in [-0.2, -0.15) is 0 Å². The second kappa shape index (κ2) is 9.06. The van der Waals surface area contributed by atoms with Crippen molar-refractivity contribution in [3.8, 4) is 0 Å². The summed E-state index contributed by atoms with van der Waals surface area (Å²) in [6, 6.07) is 13.2. The maximum atomic E-state index is 13.1. The van der Waals surface area contributed by atoms with E-state index in [2.05, 4.69) is 10.6 Å². The molecule has 1 aromatic carbocycles. The van der Waals surface area contributed by atoms with Gasteiger partial charge in [0, 0.05) is 11.4 Å². The second-order valence-corrected chi connectivity index (χ2v) is 9.50. The van der Waals surface area contributed by atoms with Crippen LogP contribution < -0.4 is 10.6 Å². The number of benzene rings is 1. The highest BCUT2D eigenvalue weighted by atomic mass is 32.2. The van der Waals surface area contributed by atoms with Crippen LogP contribution in [0.15, 0.2) is 69.5 Å². The predicted molar refractivity (Wildman–Crippen MR) is 109 cm³/mol. The number of aryl methyl sites for hydroxylation is 1. The molecule has 0 aliphatic rings. The third-order valence-corrected chi connectivity index (χ3v) is 7.20. The van der Waals surface area contributed by atoms with Crippen molar-refractivity contribution < 1.29 is 22.4 Å². The Bertz CT molecular complexity index is 1060. The average Bonchev–Trinajstić information content (AvgIpc) is 3.40. The Morgan fingerprint density at radius 1 is 1.03 bits per heavy atom. The number of sulfone groups is 1. The van der Waals surface area contributed by atoms with Crippen molar-refractivity contribution in [2.75, 3.05) is 6.54 Å². The SMILES string of the molecule is Cc1ccc(S(=O)(=O)[C@H](CNC(=O)C(=O)NCc2cccs2)c2ccco2)cc1. The first-order chi connectivity index (χ1) is 13.9. The molecule has 9 heteroatoms. The highest BCUT2D eigenvalue weighted by Gasteiger charge is 2.32. The van der Waals surface area contributed by atoms with Crippen LogP contribution in [0.4, 0.5) is 0 Å². The van der Waals surface area contributed by atoms with Crippen LogP contribution >= 0.6 is 11.3 Å². The van der Waals surface area contributed by atoms with Crippen LogP contribution in [0, 0.1) is 6.92 Å². The predicted octanol–water partition coefficient (Wildman–Crippen LogP) is 2.60. The highest BCUT2D eigenvalue weighted by Crippen LogP contribution is 2.29. The van der Waals surface area contributed by atoms with E-state index >= 15 is 0 Å². The molecule has 1 atom stereocenters. The van der Waals surface area contributed by atoms with E-state index in [-0.39, 0.29) is 23.7 Å². The van der Waals surface area contributed by atoms with Gasteiger partial charge in [-0.3, -0.25) is 9.59 Å². The smallest absolute Gasteiger partial charge is 0.309 e. The van der Waals surface area contributed by atoms with E-state index < -0.39 is 26.9 Å². The Labute approximate surface area is 172 Å². The van der Waals surface area contributed by atoms with E-state index in [4.69, 9.17) is 4.42 Å². The van der Waals surface area contributed by atoms with Crippen LogP contribution in [0.2, 0.25) is 0 Å². The van der Waals surface area contributed by atoms with Gasteiger partial charge in [0.05, 0.1) is 17.7 Å². The molecule has 0 spiro atoms. The maximum Gasteiger partial charge on any atom is 0.309 e. The molecule has 0 saturated carbocycles. The van der Waals surface area contributed by atoms with Crippen molar-refractivity contribution >= 4 is 33.0 Å². The zero-order chi connectivity index (χ0) is 20.9. The van der Waals surface area contributed by atoms with Gasteiger partial charge in [-0.15, -0.1) is 11.3 Å². The fourth-order valence-electron chi connectivity index (χ4n) is 2.66. The van der Waals surface area contributed by atoms with E-state index in [1.165, 1.54) is 35.8 Å². The van der Waals surface area contributed by atoms with Crippen molar-refractivity contribution in [1.82, 2.24) is 10.6 Å². The summed E-state index contributed by atoms with van der Waals surface area (Å²) in [5.74, 6) is -1.55. The van der Waals surface area contributed by atoms with Crippen LogP contribution in [0.5, 0.6) is 0 Å². The minimum Gasteiger partial charge on any atom is -0.468 e. The van der Waals surface area contributed by atoms with Crippen LogP contribution in [0.1, 0.15) is 21.5 Å². The maximum absolute atomic E-state index is 13.1. The van der Waals surface area contributed by atoms with Gasteiger partial charge in [0.2, 0.25) is 0 Å². The Hall–Kier alpha value is -2.91. The van der Waals surface area contributed by atoms with Gasteiger partial charge >= 0.3 is 11.8 Å². The first kappa shape index (κ1) is 20.8. The van der Waals surface area contributed by atoms with Crippen LogP contribution in [0.3, 0.4) is 0 Å². The van der Waals surface area contributed by atoms with Crippen molar-refractivity contribution in [1.29, 1.82) is 0 Å². The second-order valence-electron chi connectivity index (χ2n) is 6.33. The Morgan fingerprint density at radius 2 is 1.76 bits per heavy atom. The quantitative estimate of drug-likeness (QED) is 0.558. The van der Waals surface area contributed by atoms with E-state index in [0.717, 1.165) is 10.4 Å². The number of hydrogen-bond acceptors (Lipinski definition) is 6. The molecule has 0 aliphatic carbocycles. The van der Waals surface area contributed by atoms with Gasteiger partial charge in [0.25, 0.3) is 0 Å². The van der Waals surface area contributed by atoms with Crippen molar-refractivity contribution in [2.24, 2.45) is 0 Å². The first-order valence-corrected chi connectivity index (χ1v) is 11.2.